The number of benzene rings is 2. The number of guanidine groups is 1. The zero-order valence-corrected chi connectivity index (χ0v) is 18.2. The summed E-state index contributed by atoms with van der Waals surface area (Å²) in [5.74, 6) is 1.30. The van der Waals surface area contributed by atoms with Gasteiger partial charge in [0, 0.05) is 17.6 Å². The lowest BCUT2D eigenvalue weighted by molar-refractivity contribution is 0.572. The van der Waals surface area contributed by atoms with Crippen molar-refractivity contribution in [3.8, 4) is 11.5 Å². The third-order valence-electron chi connectivity index (χ3n) is 3.96. The van der Waals surface area contributed by atoms with E-state index in [1.54, 1.807) is 13.3 Å². The van der Waals surface area contributed by atoms with Crippen LogP contribution in [0.15, 0.2) is 70.3 Å². The van der Waals surface area contributed by atoms with E-state index in [1.807, 2.05) is 54.6 Å². The molecule has 0 radical (unpaired) electrons. The summed E-state index contributed by atoms with van der Waals surface area (Å²) in [7, 11) is 1.74. The molecule has 0 aliphatic heterocycles. The Morgan fingerprint density at radius 3 is 2.52 bits per heavy atom. The third kappa shape index (κ3) is 5.97. The molecule has 0 aliphatic rings. The fourth-order valence-corrected chi connectivity index (χ4v) is 2.64. The second kappa shape index (κ2) is 10.3. The van der Waals surface area contributed by atoms with Crippen molar-refractivity contribution >= 4 is 41.5 Å². The van der Waals surface area contributed by atoms with Crippen LogP contribution in [0.3, 0.4) is 0 Å². The van der Waals surface area contributed by atoms with Gasteiger partial charge in [-0.3, -0.25) is 4.99 Å². The number of oxazole rings is 1. The van der Waals surface area contributed by atoms with Gasteiger partial charge in [-0.05, 0) is 36.8 Å². The maximum absolute atomic E-state index is 5.94. The number of nitrogens with one attached hydrogen (secondary N) is 2. The van der Waals surface area contributed by atoms with Crippen LogP contribution < -0.4 is 10.6 Å². The van der Waals surface area contributed by atoms with Crippen LogP contribution in [0.2, 0.25) is 5.02 Å². The second-order valence-corrected chi connectivity index (χ2v) is 6.29. The van der Waals surface area contributed by atoms with Gasteiger partial charge in [0.25, 0.3) is 0 Å². The highest BCUT2D eigenvalue weighted by molar-refractivity contribution is 14.0. The summed E-state index contributed by atoms with van der Waals surface area (Å²) in [5, 5.41) is 7.33. The van der Waals surface area contributed by atoms with Crippen LogP contribution in [0, 0.1) is 0 Å². The van der Waals surface area contributed by atoms with Crippen molar-refractivity contribution in [3.05, 3.63) is 77.1 Å². The number of aromatic nitrogens is 1. The first-order chi connectivity index (χ1) is 12.7. The zero-order chi connectivity index (χ0) is 18.4. The van der Waals surface area contributed by atoms with Crippen molar-refractivity contribution < 1.29 is 4.42 Å². The lowest BCUT2D eigenvalue weighted by Crippen LogP contribution is -2.38. The number of halogens is 2. The van der Waals surface area contributed by atoms with E-state index in [9.17, 15) is 0 Å². The average molecular weight is 497 g/mol. The van der Waals surface area contributed by atoms with E-state index in [1.165, 1.54) is 0 Å². The van der Waals surface area contributed by atoms with Gasteiger partial charge in [-0.2, -0.15) is 0 Å². The van der Waals surface area contributed by atoms with E-state index in [0.29, 0.717) is 18.4 Å². The van der Waals surface area contributed by atoms with E-state index in [0.717, 1.165) is 21.8 Å². The average Bonchev–Trinajstić information content (AvgIpc) is 3.15. The van der Waals surface area contributed by atoms with E-state index in [4.69, 9.17) is 16.0 Å². The highest BCUT2D eigenvalue weighted by atomic mass is 127. The molecule has 3 aromatic rings. The highest BCUT2D eigenvalue weighted by Gasteiger charge is 2.10. The van der Waals surface area contributed by atoms with Crippen molar-refractivity contribution in [1.82, 2.24) is 15.6 Å². The summed E-state index contributed by atoms with van der Waals surface area (Å²) in [4.78, 5) is 8.77. The Kier molecular flexibility index (Phi) is 8.12. The molecule has 0 amide bonds. The van der Waals surface area contributed by atoms with Gasteiger partial charge in [0.1, 0.15) is 6.26 Å². The first-order valence-corrected chi connectivity index (χ1v) is 8.76. The lowest BCUT2D eigenvalue weighted by atomic mass is 10.1. The molecule has 0 bridgehead atoms. The van der Waals surface area contributed by atoms with E-state index in [2.05, 4.69) is 27.5 Å². The number of hydrogen-bond acceptors (Lipinski definition) is 3. The predicted octanol–water partition coefficient (Wildman–Crippen LogP) is 5.04. The number of nitrogens with zero attached hydrogens (tertiary/aromatic N) is 2. The maximum atomic E-state index is 5.94. The molecule has 3 rings (SSSR count). The summed E-state index contributed by atoms with van der Waals surface area (Å²) >= 11 is 5.94. The lowest BCUT2D eigenvalue weighted by Gasteiger charge is -2.18. The molecular formula is C20H22ClIN4O. The van der Waals surface area contributed by atoms with E-state index >= 15 is 0 Å². The molecular weight excluding hydrogens is 475 g/mol. The monoisotopic (exact) mass is 496 g/mol. The second-order valence-electron chi connectivity index (χ2n) is 5.85. The fourth-order valence-electron chi connectivity index (χ4n) is 2.51. The van der Waals surface area contributed by atoms with Crippen LogP contribution in [-0.2, 0) is 6.54 Å². The van der Waals surface area contributed by atoms with Gasteiger partial charge in [-0.15, -0.1) is 24.0 Å². The zero-order valence-electron chi connectivity index (χ0n) is 15.1. The molecule has 1 unspecified atom stereocenters. The van der Waals surface area contributed by atoms with Crippen molar-refractivity contribution in [2.24, 2.45) is 4.99 Å². The molecule has 0 saturated carbocycles. The Labute approximate surface area is 181 Å². The standard InChI is InChI=1S/C20H21ClN4O.HI/c1-14(15-8-10-17(21)11-9-15)24-20(22-2)23-12-18-13-26-19(25-18)16-6-4-3-5-7-16;/h3-11,13-14H,12H2,1-2H3,(H2,22,23,24);1H. The summed E-state index contributed by atoms with van der Waals surface area (Å²) in [5.41, 5.74) is 2.90. The summed E-state index contributed by atoms with van der Waals surface area (Å²) in [6, 6.07) is 17.7. The molecule has 0 aliphatic carbocycles. The molecule has 0 saturated heterocycles. The topological polar surface area (TPSA) is 62.5 Å². The van der Waals surface area contributed by atoms with Crippen LogP contribution >= 0.6 is 35.6 Å². The molecule has 1 atom stereocenters. The predicted molar refractivity (Wildman–Crippen MR) is 121 cm³/mol. The summed E-state index contributed by atoms with van der Waals surface area (Å²) in [6.45, 7) is 2.59. The number of rotatable bonds is 5. The Balaban J connectivity index is 0.00000261. The fraction of sp³-hybridized carbons (Fsp3) is 0.200. The molecule has 27 heavy (non-hydrogen) atoms. The molecule has 5 nitrogen and oxygen atoms in total. The quantitative estimate of drug-likeness (QED) is 0.295. The highest BCUT2D eigenvalue weighted by Crippen LogP contribution is 2.18. The van der Waals surface area contributed by atoms with Gasteiger partial charge < -0.3 is 15.1 Å². The van der Waals surface area contributed by atoms with Gasteiger partial charge in [0.2, 0.25) is 5.89 Å². The van der Waals surface area contributed by atoms with Crippen LogP contribution in [0.25, 0.3) is 11.5 Å². The molecule has 142 valence electrons. The largest absolute Gasteiger partial charge is 0.444 e. The van der Waals surface area contributed by atoms with Gasteiger partial charge in [0.05, 0.1) is 18.3 Å². The SMILES string of the molecule is CN=C(NCc1coc(-c2ccccc2)n1)NC(C)c1ccc(Cl)cc1.I. The molecule has 0 fully saturated rings. The molecule has 7 heteroatoms. The normalized spacial score (nSPS) is 12.2. The van der Waals surface area contributed by atoms with Gasteiger partial charge in [-0.25, -0.2) is 4.98 Å². The van der Waals surface area contributed by atoms with Gasteiger partial charge in [0.15, 0.2) is 5.96 Å². The summed E-state index contributed by atoms with van der Waals surface area (Å²) < 4.78 is 5.55. The summed E-state index contributed by atoms with van der Waals surface area (Å²) in [6.07, 6.45) is 1.66. The molecule has 2 N–H and O–H groups in total. The Bertz CT molecular complexity index is 865. The van der Waals surface area contributed by atoms with Crippen molar-refractivity contribution in [3.63, 3.8) is 0 Å². The molecule has 2 aromatic carbocycles. The Morgan fingerprint density at radius 2 is 1.85 bits per heavy atom. The van der Waals surface area contributed by atoms with Crippen molar-refractivity contribution in [2.45, 2.75) is 19.5 Å². The first kappa shape index (κ1) is 21.2. The molecule has 0 spiro atoms. The van der Waals surface area contributed by atoms with E-state index < -0.39 is 0 Å². The van der Waals surface area contributed by atoms with E-state index in [-0.39, 0.29) is 30.0 Å². The smallest absolute Gasteiger partial charge is 0.226 e. The maximum Gasteiger partial charge on any atom is 0.226 e. The van der Waals surface area contributed by atoms with Crippen LogP contribution in [-0.4, -0.2) is 18.0 Å². The van der Waals surface area contributed by atoms with Crippen LogP contribution in [0.4, 0.5) is 0 Å². The Morgan fingerprint density at radius 1 is 1.15 bits per heavy atom. The number of hydrogen-bond donors (Lipinski definition) is 2. The molecule has 1 heterocycles. The molecule has 1 aromatic heterocycles. The third-order valence-corrected chi connectivity index (χ3v) is 4.21. The minimum absolute atomic E-state index is 0. The first-order valence-electron chi connectivity index (χ1n) is 8.38. The van der Waals surface area contributed by atoms with Crippen molar-refractivity contribution in [2.75, 3.05) is 7.05 Å². The number of aliphatic imine (C=N–C) groups is 1. The Hall–Kier alpha value is -2.06. The van der Waals surface area contributed by atoms with Crippen molar-refractivity contribution in [1.29, 1.82) is 0 Å². The minimum Gasteiger partial charge on any atom is -0.444 e. The van der Waals surface area contributed by atoms with Gasteiger partial charge >= 0.3 is 0 Å². The van der Waals surface area contributed by atoms with Crippen LogP contribution in [0.5, 0.6) is 0 Å². The van der Waals surface area contributed by atoms with Gasteiger partial charge in [-0.1, -0.05) is 41.9 Å². The van der Waals surface area contributed by atoms with Crippen LogP contribution in [0.1, 0.15) is 24.2 Å². The minimum atomic E-state index is 0.